The number of aromatic nitrogens is 1. The molecule has 3 N–H and O–H groups in total. The molecule has 0 aliphatic heterocycles. The van der Waals surface area contributed by atoms with Crippen LogP contribution in [0.4, 0.5) is 8.78 Å². The predicted molar refractivity (Wildman–Crippen MR) is 107 cm³/mol. The Morgan fingerprint density at radius 3 is 2.34 bits per heavy atom. The SMILES string of the molecule is O=C(CCc1ncc(-c2ccc(F)cc2)o1)NNC(=S)NCc1ccc(F)cc1. The third-order valence-electron chi connectivity index (χ3n) is 3.93. The molecule has 1 amide bonds. The molecule has 0 atom stereocenters. The van der Waals surface area contributed by atoms with Crippen LogP contribution in [0.1, 0.15) is 17.9 Å². The summed E-state index contributed by atoms with van der Waals surface area (Å²) in [6.07, 6.45) is 1.97. The van der Waals surface area contributed by atoms with Crippen molar-refractivity contribution in [2.24, 2.45) is 0 Å². The number of rotatable bonds is 6. The minimum absolute atomic E-state index is 0.136. The van der Waals surface area contributed by atoms with E-state index in [4.69, 9.17) is 16.6 Å². The van der Waals surface area contributed by atoms with Crippen molar-refractivity contribution >= 4 is 23.2 Å². The number of thiocarbonyl (C=S) groups is 1. The third kappa shape index (κ3) is 6.35. The van der Waals surface area contributed by atoms with Crippen LogP contribution >= 0.6 is 12.2 Å². The van der Waals surface area contributed by atoms with Crippen molar-refractivity contribution in [3.63, 3.8) is 0 Å². The topological polar surface area (TPSA) is 79.2 Å². The molecule has 2 aromatic carbocycles. The number of hydrogen-bond acceptors (Lipinski definition) is 4. The Balaban J connectivity index is 1.38. The second kappa shape index (κ2) is 9.74. The maximum absolute atomic E-state index is 13.0. The number of oxazole rings is 1. The zero-order chi connectivity index (χ0) is 20.6. The molecule has 29 heavy (non-hydrogen) atoms. The molecule has 0 unspecified atom stereocenters. The smallest absolute Gasteiger partial charge is 0.238 e. The summed E-state index contributed by atoms with van der Waals surface area (Å²) in [5, 5.41) is 3.13. The largest absolute Gasteiger partial charge is 0.441 e. The normalized spacial score (nSPS) is 10.4. The van der Waals surface area contributed by atoms with Gasteiger partial charge in [-0.15, -0.1) is 0 Å². The maximum atomic E-state index is 13.0. The van der Waals surface area contributed by atoms with Gasteiger partial charge in [-0.2, -0.15) is 0 Å². The molecule has 0 aliphatic rings. The molecule has 3 rings (SSSR count). The van der Waals surface area contributed by atoms with Gasteiger partial charge in [-0.1, -0.05) is 12.1 Å². The first-order valence-corrected chi connectivity index (χ1v) is 9.18. The molecule has 0 saturated carbocycles. The van der Waals surface area contributed by atoms with Crippen LogP contribution in [0.3, 0.4) is 0 Å². The van der Waals surface area contributed by atoms with E-state index < -0.39 is 0 Å². The Morgan fingerprint density at radius 2 is 1.66 bits per heavy atom. The lowest BCUT2D eigenvalue weighted by atomic mass is 10.2. The number of hydrogen-bond donors (Lipinski definition) is 3. The highest BCUT2D eigenvalue weighted by Crippen LogP contribution is 2.21. The highest BCUT2D eigenvalue weighted by molar-refractivity contribution is 7.80. The predicted octanol–water partition coefficient (Wildman–Crippen LogP) is 3.25. The Bertz CT molecular complexity index is 975. The van der Waals surface area contributed by atoms with Crippen molar-refractivity contribution in [1.29, 1.82) is 0 Å². The van der Waals surface area contributed by atoms with Gasteiger partial charge in [0.05, 0.1) is 6.20 Å². The quantitative estimate of drug-likeness (QED) is 0.423. The average Bonchev–Trinajstić information content (AvgIpc) is 3.20. The maximum Gasteiger partial charge on any atom is 0.238 e. The van der Waals surface area contributed by atoms with Crippen LogP contribution in [0.2, 0.25) is 0 Å². The van der Waals surface area contributed by atoms with Crippen LogP contribution in [0, 0.1) is 11.6 Å². The Hall–Kier alpha value is -3.33. The van der Waals surface area contributed by atoms with Gasteiger partial charge in [0, 0.05) is 24.9 Å². The van der Waals surface area contributed by atoms with Gasteiger partial charge in [0.15, 0.2) is 16.8 Å². The number of hydrazine groups is 1. The van der Waals surface area contributed by atoms with E-state index in [-0.39, 0.29) is 29.1 Å². The number of amides is 1. The lowest BCUT2D eigenvalue weighted by Crippen LogP contribution is -2.46. The first-order valence-electron chi connectivity index (χ1n) is 8.77. The zero-order valence-corrected chi connectivity index (χ0v) is 16.1. The Kier molecular flexibility index (Phi) is 6.85. The molecule has 9 heteroatoms. The van der Waals surface area contributed by atoms with Crippen molar-refractivity contribution in [2.75, 3.05) is 0 Å². The van der Waals surface area contributed by atoms with Gasteiger partial charge in [-0.05, 0) is 54.2 Å². The summed E-state index contributed by atoms with van der Waals surface area (Å²) in [6, 6.07) is 11.9. The van der Waals surface area contributed by atoms with Gasteiger partial charge in [0.25, 0.3) is 0 Å². The van der Waals surface area contributed by atoms with Crippen molar-refractivity contribution in [1.82, 2.24) is 21.2 Å². The van der Waals surface area contributed by atoms with E-state index in [0.717, 1.165) is 5.56 Å². The summed E-state index contributed by atoms with van der Waals surface area (Å²) in [4.78, 5) is 16.1. The van der Waals surface area contributed by atoms with Crippen LogP contribution in [0.15, 0.2) is 59.1 Å². The van der Waals surface area contributed by atoms with E-state index in [1.54, 1.807) is 24.3 Å². The molecule has 150 valence electrons. The average molecular weight is 416 g/mol. The van der Waals surface area contributed by atoms with Gasteiger partial charge in [0.2, 0.25) is 5.91 Å². The highest BCUT2D eigenvalue weighted by atomic mass is 32.1. The van der Waals surface area contributed by atoms with Crippen molar-refractivity contribution in [3.8, 4) is 11.3 Å². The summed E-state index contributed by atoms with van der Waals surface area (Å²) in [5.74, 6) is -0.0288. The molecule has 0 spiro atoms. The Morgan fingerprint density at radius 1 is 1.00 bits per heavy atom. The second-order valence-corrected chi connectivity index (χ2v) is 6.52. The highest BCUT2D eigenvalue weighted by Gasteiger charge is 2.09. The fraction of sp³-hybridized carbons (Fsp3) is 0.150. The van der Waals surface area contributed by atoms with E-state index >= 15 is 0 Å². The summed E-state index contributed by atoms with van der Waals surface area (Å²) < 4.78 is 31.4. The van der Waals surface area contributed by atoms with Gasteiger partial charge in [-0.25, -0.2) is 13.8 Å². The number of nitrogens with zero attached hydrogens (tertiary/aromatic N) is 1. The van der Waals surface area contributed by atoms with Crippen LogP contribution < -0.4 is 16.2 Å². The summed E-state index contributed by atoms with van der Waals surface area (Å²) >= 11 is 5.07. The number of nitrogens with one attached hydrogen (secondary N) is 3. The zero-order valence-electron chi connectivity index (χ0n) is 15.2. The minimum atomic E-state index is -0.331. The van der Waals surface area contributed by atoms with Crippen LogP contribution in [0.25, 0.3) is 11.3 Å². The summed E-state index contributed by atoms with van der Waals surface area (Å²) in [5.41, 5.74) is 6.63. The number of halogens is 2. The van der Waals surface area contributed by atoms with E-state index in [0.29, 0.717) is 30.2 Å². The van der Waals surface area contributed by atoms with Gasteiger partial charge in [-0.3, -0.25) is 15.6 Å². The molecule has 0 radical (unpaired) electrons. The molecule has 6 nitrogen and oxygen atoms in total. The molecule has 3 aromatic rings. The van der Waals surface area contributed by atoms with Crippen molar-refractivity contribution in [2.45, 2.75) is 19.4 Å². The molecular formula is C20H18F2N4O2S. The third-order valence-corrected chi connectivity index (χ3v) is 4.18. The first-order chi connectivity index (χ1) is 14.0. The number of carbonyl (C=O) groups is 1. The lowest BCUT2D eigenvalue weighted by molar-refractivity contribution is -0.121. The van der Waals surface area contributed by atoms with Crippen LogP contribution in [-0.2, 0) is 17.8 Å². The molecule has 0 aliphatic carbocycles. The number of benzene rings is 2. The van der Waals surface area contributed by atoms with Crippen LogP contribution in [0.5, 0.6) is 0 Å². The van der Waals surface area contributed by atoms with E-state index in [1.807, 2.05) is 0 Å². The monoisotopic (exact) mass is 416 g/mol. The molecule has 0 saturated heterocycles. The molecule has 0 fully saturated rings. The molecular weight excluding hydrogens is 398 g/mol. The minimum Gasteiger partial charge on any atom is -0.441 e. The second-order valence-electron chi connectivity index (χ2n) is 6.11. The van der Waals surface area contributed by atoms with E-state index in [9.17, 15) is 13.6 Å². The van der Waals surface area contributed by atoms with Crippen molar-refractivity contribution in [3.05, 3.63) is 77.8 Å². The van der Waals surface area contributed by atoms with Gasteiger partial charge in [0.1, 0.15) is 11.6 Å². The molecule has 1 heterocycles. The fourth-order valence-corrected chi connectivity index (χ4v) is 2.53. The first kappa shape index (κ1) is 20.4. The summed E-state index contributed by atoms with van der Waals surface area (Å²) in [6.45, 7) is 0.393. The van der Waals surface area contributed by atoms with Gasteiger partial charge >= 0.3 is 0 Å². The standard InChI is InChI=1S/C20H18F2N4O2S/c21-15-5-1-13(2-6-15)11-24-20(29)26-25-18(27)9-10-19-23-12-17(28-19)14-3-7-16(22)8-4-14/h1-8,12H,9-11H2,(H,25,27)(H2,24,26,29). The molecule has 0 bridgehead atoms. The van der Waals surface area contributed by atoms with E-state index in [2.05, 4.69) is 21.2 Å². The van der Waals surface area contributed by atoms with E-state index in [1.165, 1.54) is 30.5 Å². The van der Waals surface area contributed by atoms with Crippen molar-refractivity contribution < 1.29 is 18.0 Å². The number of aryl methyl sites for hydroxylation is 1. The van der Waals surface area contributed by atoms with Crippen LogP contribution in [-0.4, -0.2) is 16.0 Å². The Labute approximate surface area is 171 Å². The lowest BCUT2D eigenvalue weighted by Gasteiger charge is -2.11. The van der Waals surface area contributed by atoms with Gasteiger partial charge < -0.3 is 9.73 Å². The molecule has 1 aromatic heterocycles. The summed E-state index contributed by atoms with van der Waals surface area (Å²) in [7, 11) is 0. The number of carbonyl (C=O) groups excluding carboxylic acids is 1. The fourth-order valence-electron chi connectivity index (χ4n) is 2.41.